The van der Waals surface area contributed by atoms with Crippen LogP contribution in [0.5, 0.6) is 0 Å². The van der Waals surface area contributed by atoms with Crippen molar-refractivity contribution in [1.29, 1.82) is 0 Å². The molecule has 110 valence electrons. The summed E-state index contributed by atoms with van der Waals surface area (Å²) in [6.07, 6.45) is -2.13. The highest BCUT2D eigenvalue weighted by molar-refractivity contribution is 7.79. The van der Waals surface area contributed by atoms with Crippen molar-refractivity contribution < 1.29 is 33.3 Å². The van der Waals surface area contributed by atoms with E-state index in [0.29, 0.717) is 0 Å². The van der Waals surface area contributed by atoms with Gasteiger partial charge in [0, 0.05) is 18.6 Å². The average Bonchev–Trinajstić information content (AvgIpc) is 3.01. The smallest absolute Gasteiger partial charge is 0.353 e. The molecule has 0 aliphatic carbocycles. The van der Waals surface area contributed by atoms with Gasteiger partial charge in [-0.3, -0.25) is 4.79 Å². The number of hydrogen-bond donors (Lipinski definition) is 1. The second-order valence-corrected chi connectivity index (χ2v) is 4.69. The van der Waals surface area contributed by atoms with Gasteiger partial charge in [0.15, 0.2) is 11.6 Å². The fraction of sp³-hybridized carbons (Fsp3) is 0.636. The third kappa shape index (κ3) is 2.17. The summed E-state index contributed by atoms with van der Waals surface area (Å²) in [5, 5.41) is 2.22. The first-order chi connectivity index (χ1) is 9.44. The molecule has 0 aromatic carbocycles. The molecule has 0 bridgehead atoms. The Morgan fingerprint density at radius 3 is 2.55 bits per heavy atom. The van der Waals surface area contributed by atoms with Crippen LogP contribution in [0.2, 0.25) is 0 Å². The van der Waals surface area contributed by atoms with E-state index in [-0.39, 0.29) is 24.0 Å². The van der Waals surface area contributed by atoms with Crippen molar-refractivity contribution in [3.8, 4) is 0 Å². The lowest BCUT2D eigenvalue weighted by Crippen LogP contribution is -2.62. The van der Waals surface area contributed by atoms with Gasteiger partial charge in [0.05, 0.1) is 14.2 Å². The van der Waals surface area contributed by atoms with E-state index in [1.54, 1.807) is 0 Å². The molecule has 2 aliphatic rings. The van der Waals surface area contributed by atoms with Gasteiger partial charge < -0.3 is 24.3 Å². The first-order valence-corrected chi connectivity index (χ1v) is 6.20. The van der Waals surface area contributed by atoms with Crippen LogP contribution in [-0.2, 0) is 33.3 Å². The zero-order valence-corrected chi connectivity index (χ0v) is 11.7. The molecule has 2 aliphatic heterocycles. The van der Waals surface area contributed by atoms with Crippen molar-refractivity contribution in [3.63, 3.8) is 0 Å². The Labute approximate surface area is 119 Å². The Kier molecular flexibility index (Phi) is 3.80. The lowest BCUT2D eigenvalue weighted by Gasteiger charge is -2.31. The first-order valence-electron chi connectivity index (χ1n) is 5.79. The standard InChI is InChI=1S/C11H13NO7S/c1-16-8(14)6-7(19-10(20)18-6)11(9(15)17-2)4-3-5(13)12-11/h6-7H,3-4H2,1-2H3,(H,12,13)/t6-,7-,11+/m0/s1. The van der Waals surface area contributed by atoms with Gasteiger partial charge >= 0.3 is 17.2 Å². The molecule has 1 amide bonds. The number of nitrogens with one attached hydrogen (secondary N) is 1. The summed E-state index contributed by atoms with van der Waals surface area (Å²) in [7, 11) is 2.35. The fourth-order valence-corrected chi connectivity index (χ4v) is 2.56. The first kappa shape index (κ1) is 14.5. The third-order valence-electron chi connectivity index (χ3n) is 3.30. The van der Waals surface area contributed by atoms with Gasteiger partial charge in [-0.1, -0.05) is 0 Å². The van der Waals surface area contributed by atoms with E-state index in [2.05, 4.69) is 10.1 Å². The van der Waals surface area contributed by atoms with E-state index in [0.717, 1.165) is 0 Å². The van der Waals surface area contributed by atoms with Gasteiger partial charge in [0.1, 0.15) is 0 Å². The van der Waals surface area contributed by atoms with Crippen LogP contribution < -0.4 is 5.32 Å². The quantitative estimate of drug-likeness (QED) is 0.526. The zero-order valence-electron chi connectivity index (χ0n) is 10.8. The van der Waals surface area contributed by atoms with Crippen LogP contribution in [0.25, 0.3) is 0 Å². The second-order valence-electron chi connectivity index (χ2n) is 4.36. The minimum Gasteiger partial charge on any atom is -0.467 e. The second kappa shape index (κ2) is 5.23. The summed E-state index contributed by atoms with van der Waals surface area (Å²) in [5.74, 6) is -1.82. The maximum Gasteiger partial charge on any atom is 0.353 e. The van der Waals surface area contributed by atoms with Gasteiger partial charge in [-0.25, -0.2) is 9.59 Å². The topological polar surface area (TPSA) is 100 Å². The molecule has 0 saturated carbocycles. The molecule has 0 unspecified atom stereocenters. The van der Waals surface area contributed by atoms with Crippen molar-refractivity contribution in [2.24, 2.45) is 0 Å². The van der Waals surface area contributed by atoms with E-state index in [1.165, 1.54) is 14.2 Å². The number of carbonyl (C=O) groups is 3. The van der Waals surface area contributed by atoms with Gasteiger partial charge in [0.25, 0.3) is 0 Å². The van der Waals surface area contributed by atoms with Crippen LogP contribution >= 0.6 is 12.2 Å². The highest BCUT2D eigenvalue weighted by Gasteiger charge is 2.61. The molecule has 3 atom stereocenters. The molecule has 2 fully saturated rings. The van der Waals surface area contributed by atoms with Gasteiger partial charge in [0.2, 0.25) is 12.0 Å². The summed E-state index contributed by atoms with van der Waals surface area (Å²) >= 11 is 4.76. The predicted molar refractivity (Wildman–Crippen MR) is 66.5 cm³/mol. The number of amides is 1. The predicted octanol–water partition coefficient (Wildman–Crippen LogP) is -0.950. The van der Waals surface area contributed by atoms with Crippen LogP contribution in [0.3, 0.4) is 0 Å². The Bertz CT molecular complexity index is 479. The van der Waals surface area contributed by atoms with Crippen LogP contribution in [0.1, 0.15) is 12.8 Å². The zero-order chi connectivity index (χ0) is 14.9. The lowest BCUT2D eigenvalue weighted by atomic mass is 9.87. The Morgan fingerprint density at radius 2 is 2.05 bits per heavy atom. The maximum atomic E-state index is 12.1. The average molecular weight is 303 g/mol. The molecule has 9 heteroatoms. The van der Waals surface area contributed by atoms with Gasteiger partial charge in [-0.05, 0) is 6.42 Å². The SMILES string of the molecule is COC(=O)[C@H]1OC(=S)O[C@@H]1[C@@]1(C(=O)OC)CCC(=O)N1. The van der Waals surface area contributed by atoms with Crippen molar-refractivity contribution in [2.75, 3.05) is 14.2 Å². The highest BCUT2D eigenvalue weighted by atomic mass is 32.1. The third-order valence-corrected chi connectivity index (χ3v) is 3.49. The molecule has 8 nitrogen and oxygen atoms in total. The molecule has 2 heterocycles. The number of carbonyl (C=O) groups excluding carboxylic acids is 3. The molecular formula is C11H13NO7S. The fourth-order valence-electron chi connectivity index (χ4n) is 2.35. The van der Waals surface area contributed by atoms with E-state index in [4.69, 9.17) is 26.4 Å². The highest BCUT2D eigenvalue weighted by Crippen LogP contribution is 2.34. The van der Waals surface area contributed by atoms with E-state index < -0.39 is 29.7 Å². The summed E-state index contributed by atoms with van der Waals surface area (Å²) in [4.78, 5) is 35.3. The maximum absolute atomic E-state index is 12.1. The molecule has 0 spiro atoms. The van der Waals surface area contributed by atoms with E-state index in [1.807, 2.05) is 0 Å². The van der Waals surface area contributed by atoms with Crippen LogP contribution in [0.4, 0.5) is 0 Å². The Morgan fingerprint density at radius 1 is 1.35 bits per heavy atom. The molecule has 0 aromatic rings. The summed E-state index contributed by atoms with van der Waals surface area (Å²) in [6, 6.07) is 0. The molecule has 0 aromatic heterocycles. The van der Waals surface area contributed by atoms with Crippen molar-refractivity contribution in [2.45, 2.75) is 30.6 Å². The number of thiocarbonyl (C=S) groups is 1. The molecule has 2 rings (SSSR count). The number of rotatable bonds is 3. The number of ether oxygens (including phenoxy) is 4. The number of esters is 2. The van der Waals surface area contributed by atoms with Crippen molar-refractivity contribution in [1.82, 2.24) is 5.32 Å². The summed E-state index contributed by atoms with van der Waals surface area (Å²) in [5.41, 5.74) is -1.51. The van der Waals surface area contributed by atoms with Gasteiger partial charge in [-0.15, -0.1) is 0 Å². The normalized spacial score (nSPS) is 32.1. The van der Waals surface area contributed by atoms with Crippen molar-refractivity contribution in [3.05, 3.63) is 0 Å². The molecule has 1 N–H and O–H groups in total. The van der Waals surface area contributed by atoms with E-state index in [9.17, 15) is 14.4 Å². The minimum absolute atomic E-state index is 0.107. The molecule has 2 saturated heterocycles. The lowest BCUT2D eigenvalue weighted by molar-refractivity contribution is -0.159. The minimum atomic E-state index is -1.51. The van der Waals surface area contributed by atoms with Crippen LogP contribution in [0.15, 0.2) is 0 Å². The summed E-state index contributed by atoms with van der Waals surface area (Å²) < 4.78 is 19.6. The van der Waals surface area contributed by atoms with Crippen LogP contribution in [-0.4, -0.2) is 55.0 Å². The van der Waals surface area contributed by atoms with Crippen LogP contribution in [0, 0.1) is 0 Å². The number of hydrogen-bond acceptors (Lipinski definition) is 8. The monoisotopic (exact) mass is 303 g/mol. The Balaban J connectivity index is 2.37. The van der Waals surface area contributed by atoms with Crippen molar-refractivity contribution >= 4 is 35.3 Å². The van der Waals surface area contributed by atoms with Gasteiger partial charge in [-0.2, -0.15) is 0 Å². The number of methoxy groups -OCH3 is 2. The summed E-state index contributed by atoms with van der Waals surface area (Å²) in [6.45, 7) is 0. The molecule has 0 radical (unpaired) electrons. The van der Waals surface area contributed by atoms with E-state index >= 15 is 0 Å². The Hall–Kier alpha value is -1.90. The molecule has 20 heavy (non-hydrogen) atoms. The molecular weight excluding hydrogens is 290 g/mol. The largest absolute Gasteiger partial charge is 0.467 e.